The van der Waals surface area contributed by atoms with Crippen LogP contribution < -0.4 is 5.73 Å². The molecule has 0 radical (unpaired) electrons. The van der Waals surface area contributed by atoms with Crippen molar-refractivity contribution in [3.63, 3.8) is 0 Å². The van der Waals surface area contributed by atoms with Crippen molar-refractivity contribution >= 4 is 11.8 Å². The first kappa shape index (κ1) is 12.0. The first-order valence-corrected chi connectivity index (χ1v) is 7.21. The Morgan fingerprint density at radius 1 is 1.12 bits per heavy atom. The highest BCUT2D eigenvalue weighted by atomic mass is 32.2. The van der Waals surface area contributed by atoms with E-state index in [1.807, 2.05) is 11.8 Å². The summed E-state index contributed by atoms with van der Waals surface area (Å²) in [5.41, 5.74) is 6.41. The minimum atomic E-state index is 0.474. The molecular weight excluding hydrogens is 214 g/mol. The van der Waals surface area contributed by atoms with E-state index >= 15 is 0 Å². The summed E-state index contributed by atoms with van der Waals surface area (Å²) in [6.07, 6.45) is 6.74. The molecule has 1 aromatic rings. The third-order valence-electron chi connectivity index (χ3n) is 3.74. The van der Waals surface area contributed by atoms with Gasteiger partial charge in [0.1, 0.15) is 0 Å². The van der Waals surface area contributed by atoms with Crippen molar-refractivity contribution in [2.45, 2.75) is 37.0 Å². The predicted octanol–water partition coefficient (Wildman–Crippen LogP) is 3.69. The lowest BCUT2D eigenvalue weighted by atomic mass is 9.84. The Balaban J connectivity index is 1.79. The van der Waals surface area contributed by atoms with Gasteiger partial charge in [0.05, 0.1) is 0 Å². The fourth-order valence-corrected chi connectivity index (χ4v) is 3.70. The molecule has 0 atom stereocenters. The molecule has 2 N–H and O–H groups in total. The molecule has 1 nitrogen and oxygen atoms in total. The van der Waals surface area contributed by atoms with Gasteiger partial charge in [-0.1, -0.05) is 31.0 Å². The van der Waals surface area contributed by atoms with Crippen LogP contribution in [0.2, 0.25) is 0 Å². The van der Waals surface area contributed by atoms with Gasteiger partial charge in [-0.2, -0.15) is 0 Å². The summed E-state index contributed by atoms with van der Waals surface area (Å²) in [5, 5.41) is 0. The van der Waals surface area contributed by atoms with E-state index in [2.05, 4.69) is 30.3 Å². The molecule has 0 amide bonds. The predicted molar refractivity (Wildman–Crippen MR) is 71.7 cm³/mol. The van der Waals surface area contributed by atoms with Gasteiger partial charge in [0.25, 0.3) is 0 Å². The Hall–Kier alpha value is -0.470. The van der Waals surface area contributed by atoms with Crippen molar-refractivity contribution < 1.29 is 0 Å². The molecule has 0 unspecified atom stereocenters. The second-order valence-corrected chi connectivity index (χ2v) is 5.99. The van der Waals surface area contributed by atoms with E-state index in [4.69, 9.17) is 5.73 Å². The molecule has 1 saturated carbocycles. The van der Waals surface area contributed by atoms with Crippen molar-refractivity contribution in [3.8, 4) is 0 Å². The van der Waals surface area contributed by atoms with Crippen molar-refractivity contribution in [1.29, 1.82) is 0 Å². The highest BCUT2D eigenvalue weighted by Gasteiger charge is 2.31. The highest BCUT2D eigenvalue weighted by Crippen LogP contribution is 2.41. The second-order valence-electron chi connectivity index (χ2n) is 4.82. The van der Waals surface area contributed by atoms with Gasteiger partial charge in [-0.25, -0.2) is 0 Å². The monoisotopic (exact) mass is 235 g/mol. The lowest BCUT2D eigenvalue weighted by Crippen LogP contribution is -2.27. The van der Waals surface area contributed by atoms with Crippen LogP contribution in [0.5, 0.6) is 0 Å². The van der Waals surface area contributed by atoms with Crippen LogP contribution in [-0.2, 0) is 0 Å². The Kier molecular flexibility index (Phi) is 4.30. The van der Waals surface area contributed by atoms with Gasteiger partial charge in [-0.15, -0.1) is 11.8 Å². The minimum absolute atomic E-state index is 0.474. The van der Waals surface area contributed by atoms with Gasteiger partial charge in [0.15, 0.2) is 0 Å². The normalized spacial score (nSPS) is 18.8. The van der Waals surface area contributed by atoms with Crippen molar-refractivity contribution in [2.75, 3.05) is 12.3 Å². The summed E-state index contributed by atoms with van der Waals surface area (Å²) >= 11 is 1.97. The van der Waals surface area contributed by atoms with Crippen LogP contribution in [0.1, 0.15) is 32.1 Å². The molecule has 0 heterocycles. The number of rotatable bonds is 5. The van der Waals surface area contributed by atoms with Crippen LogP contribution in [0.25, 0.3) is 0 Å². The molecular formula is C14H21NS. The molecule has 2 rings (SSSR count). The molecule has 2 heteroatoms. The minimum Gasteiger partial charge on any atom is -0.330 e. The molecule has 1 aliphatic rings. The molecule has 1 aliphatic carbocycles. The molecule has 16 heavy (non-hydrogen) atoms. The number of nitrogens with two attached hydrogens (primary N) is 1. The summed E-state index contributed by atoms with van der Waals surface area (Å²) < 4.78 is 0. The van der Waals surface area contributed by atoms with Gasteiger partial charge in [0.2, 0.25) is 0 Å². The zero-order chi connectivity index (χ0) is 11.3. The van der Waals surface area contributed by atoms with Crippen molar-refractivity contribution in [3.05, 3.63) is 30.3 Å². The molecule has 1 aromatic carbocycles. The van der Waals surface area contributed by atoms with E-state index in [1.165, 1.54) is 42.8 Å². The Morgan fingerprint density at radius 3 is 2.44 bits per heavy atom. The number of hydrogen-bond acceptors (Lipinski definition) is 2. The SMILES string of the molecule is NCC1(CCSc2ccccc2)CCCC1. The maximum atomic E-state index is 5.94. The second kappa shape index (κ2) is 5.74. The summed E-state index contributed by atoms with van der Waals surface area (Å²) in [6, 6.07) is 10.7. The number of benzene rings is 1. The third kappa shape index (κ3) is 3.02. The third-order valence-corrected chi connectivity index (χ3v) is 4.76. The van der Waals surface area contributed by atoms with Crippen LogP contribution >= 0.6 is 11.8 Å². The van der Waals surface area contributed by atoms with E-state index < -0.39 is 0 Å². The molecule has 88 valence electrons. The smallest absolute Gasteiger partial charge is 0.00719 e. The molecule has 1 fully saturated rings. The largest absolute Gasteiger partial charge is 0.330 e. The number of hydrogen-bond donors (Lipinski definition) is 1. The topological polar surface area (TPSA) is 26.0 Å². The van der Waals surface area contributed by atoms with Gasteiger partial charge in [-0.05, 0) is 49.1 Å². The summed E-state index contributed by atoms with van der Waals surface area (Å²) in [6.45, 7) is 0.877. The maximum Gasteiger partial charge on any atom is 0.00719 e. The van der Waals surface area contributed by atoms with E-state index in [-0.39, 0.29) is 0 Å². The van der Waals surface area contributed by atoms with Gasteiger partial charge in [-0.3, -0.25) is 0 Å². The van der Waals surface area contributed by atoms with Gasteiger partial charge >= 0.3 is 0 Å². The first-order chi connectivity index (χ1) is 7.85. The molecule has 0 aliphatic heterocycles. The molecule has 0 spiro atoms. The Labute approximate surface area is 103 Å². The molecule has 0 aromatic heterocycles. The first-order valence-electron chi connectivity index (χ1n) is 6.23. The van der Waals surface area contributed by atoms with Crippen LogP contribution in [0.3, 0.4) is 0 Å². The maximum absolute atomic E-state index is 5.94. The van der Waals surface area contributed by atoms with Crippen molar-refractivity contribution in [1.82, 2.24) is 0 Å². The zero-order valence-electron chi connectivity index (χ0n) is 9.82. The lowest BCUT2D eigenvalue weighted by Gasteiger charge is -2.26. The molecule has 0 bridgehead atoms. The van der Waals surface area contributed by atoms with E-state index in [9.17, 15) is 0 Å². The molecule has 0 saturated heterocycles. The highest BCUT2D eigenvalue weighted by molar-refractivity contribution is 7.99. The van der Waals surface area contributed by atoms with E-state index in [1.54, 1.807) is 0 Å². The average molecular weight is 235 g/mol. The fourth-order valence-electron chi connectivity index (χ4n) is 2.58. The Morgan fingerprint density at radius 2 is 1.81 bits per heavy atom. The van der Waals surface area contributed by atoms with Gasteiger partial charge in [0, 0.05) is 4.90 Å². The zero-order valence-corrected chi connectivity index (χ0v) is 10.6. The average Bonchev–Trinajstić information content (AvgIpc) is 2.80. The lowest BCUT2D eigenvalue weighted by molar-refractivity contribution is 0.299. The van der Waals surface area contributed by atoms with Crippen LogP contribution in [0.15, 0.2) is 35.2 Å². The van der Waals surface area contributed by atoms with Crippen LogP contribution in [-0.4, -0.2) is 12.3 Å². The number of thioether (sulfide) groups is 1. The summed E-state index contributed by atoms with van der Waals surface area (Å²) in [5.74, 6) is 1.21. The van der Waals surface area contributed by atoms with Crippen molar-refractivity contribution in [2.24, 2.45) is 11.1 Å². The van der Waals surface area contributed by atoms with Gasteiger partial charge < -0.3 is 5.73 Å². The summed E-state index contributed by atoms with van der Waals surface area (Å²) in [4.78, 5) is 1.38. The van der Waals surface area contributed by atoms with Crippen LogP contribution in [0.4, 0.5) is 0 Å². The van der Waals surface area contributed by atoms with Crippen LogP contribution in [0, 0.1) is 5.41 Å². The standard InChI is InChI=1S/C14H21NS/c15-12-14(8-4-5-9-14)10-11-16-13-6-2-1-3-7-13/h1-3,6-7H,4-5,8-12,15H2. The summed E-state index contributed by atoms with van der Waals surface area (Å²) in [7, 11) is 0. The van der Waals surface area contributed by atoms with E-state index in [0.717, 1.165) is 6.54 Å². The Bertz CT molecular complexity index is 304. The fraction of sp³-hybridized carbons (Fsp3) is 0.571. The quantitative estimate of drug-likeness (QED) is 0.788. The van der Waals surface area contributed by atoms with E-state index in [0.29, 0.717) is 5.41 Å².